The van der Waals surface area contributed by atoms with Crippen LogP contribution in [-0.2, 0) is 0 Å². The molecule has 10 nitrogen and oxygen atoms in total. The van der Waals surface area contributed by atoms with Crippen molar-refractivity contribution < 1.29 is 0 Å². The molecule has 0 radical (unpaired) electrons. The van der Waals surface area contributed by atoms with Crippen molar-refractivity contribution in [2.24, 2.45) is 0 Å². The molecule has 0 saturated carbocycles. The van der Waals surface area contributed by atoms with Gasteiger partial charge in [0.25, 0.3) is 0 Å². The van der Waals surface area contributed by atoms with E-state index < -0.39 is 0 Å². The highest BCUT2D eigenvalue weighted by Gasteiger charge is 2.30. The van der Waals surface area contributed by atoms with E-state index >= 15 is 0 Å². The van der Waals surface area contributed by atoms with Crippen LogP contribution in [-0.4, -0.2) is 48.2 Å². The number of thiophene rings is 2. The zero-order chi connectivity index (χ0) is 90.6. The molecule has 0 atom stereocenters. The summed E-state index contributed by atoms with van der Waals surface area (Å²) in [7, 11) is 0. The average molecular weight is 1790 g/mol. The van der Waals surface area contributed by atoms with Crippen molar-refractivity contribution in [1.29, 1.82) is 0 Å². The Morgan fingerprint density at radius 3 is 0.949 bits per heavy atom. The summed E-state index contributed by atoms with van der Waals surface area (Å²) in [6.07, 6.45) is 0. The summed E-state index contributed by atoms with van der Waals surface area (Å²) in [6.45, 7) is 0. The molecule has 28 aromatic rings. The van der Waals surface area contributed by atoms with Crippen LogP contribution in [0.15, 0.2) is 461 Å². The van der Waals surface area contributed by atoms with Crippen LogP contribution < -0.4 is 0 Å². The van der Waals surface area contributed by atoms with Crippen LogP contribution >= 0.6 is 22.7 Å². The Labute approximate surface area is 800 Å². The molecule has 0 aliphatic rings. The predicted octanol–water partition coefficient (Wildman–Crippen LogP) is 33.5. The molecule has 642 valence electrons. The molecule has 28 rings (SSSR count). The van der Waals surface area contributed by atoms with E-state index in [2.05, 4.69) is 431 Å². The van der Waals surface area contributed by atoms with E-state index in [1.54, 1.807) is 0 Å². The van der Waals surface area contributed by atoms with Gasteiger partial charge < -0.3 is 18.3 Å². The maximum absolute atomic E-state index is 5.67. The van der Waals surface area contributed by atoms with E-state index in [0.29, 0.717) is 34.9 Å². The van der Waals surface area contributed by atoms with Gasteiger partial charge in [0.15, 0.2) is 34.9 Å². The largest absolute Gasteiger partial charge is 0.309 e. The highest BCUT2D eigenvalue weighted by molar-refractivity contribution is 7.26. The van der Waals surface area contributed by atoms with Crippen LogP contribution in [0.5, 0.6) is 0 Å². The number of para-hydroxylation sites is 5. The normalized spacial score (nSPS) is 11.9. The minimum atomic E-state index is 0.560. The van der Waals surface area contributed by atoms with E-state index in [4.69, 9.17) is 29.9 Å². The standard InChI is InChI=1S/C126H76N10S2/c1-6-32-77(33-7-1)86-60-64-95-92-46-18-23-52-107(92)133(115(95)71-86)87-63-65-99(125-129-121(78-34-8-2-9-35-78)127-122(130-125)79-36-10-3-11-37-79)100(72-87)106-76-89(74-104-97-50-22-29-59-117(97)138-120(104)106)135-110-55-26-19-47-93(110)101-69-84(61-66-112(101)135)82-42-30-43-83(68-82)85-62-67-113-102(70-85)94-48-20-27-56-111(94)136(113)114-57-31-51-98(118(114)126-131-123(80-38-12-4-13-39-80)128-124(132-126)81-40-14-5-15-41-81)105-75-88(73-103-96-49-21-28-58-116(96)137-119(103)105)134-108-53-24-16-44-90(108)91-45-17-25-54-109(91)134/h1-76H. The van der Waals surface area contributed by atoms with Crippen molar-refractivity contribution in [2.45, 2.75) is 0 Å². The van der Waals surface area contributed by atoms with Gasteiger partial charge in [-0.3, -0.25) is 0 Å². The summed E-state index contributed by atoms with van der Waals surface area (Å²) in [4.78, 5) is 33.0. The van der Waals surface area contributed by atoms with Crippen LogP contribution in [0.4, 0.5) is 0 Å². The Balaban J connectivity index is 0.611. The number of hydrogen-bond donors (Lipinski definition) is 0. The van der Waals surface area contributed by atoms with E-state index in [1.165, 1.54) is 51.8 Å². The SMILES string of the molecule is c1ccc(-c2ccc3c4ccccc4n(-c4ccc(-c5nc(-c6ccccc6)nc(-c6ccccc6)n5)c(-c5cc(-n6c7ccccc7c7cc(-c8cccc(-c9ccc%10c(c9)c9ccccc9n%10-c9cccc(-c%10cc(-n%11c%12ccccc%12c%12ccccc%12%11)cc%11c%10sc%10ccccc%10%11)c9-c9nc(-c%10ccccc%10)nc(-c%10ccccc%10)n9)c8)ccc76)cc6c5sc5ccccc56)c4)c3c2)cc1. The lowest BCUT2D eigenvalue weighted by atomic mass is 9.94. The van der Waals surface area contributed by atoms with Gasteiger partial charge >= 0.3 is 0 Å². The number of benzene rings is 20. The van der Waals surface area contributed by atoms with Crippen LogP contribution in [0.25, 0.3) is 274 Å². The topological polar surface area (TPSA) is 97.1 Å². The lowest BCUT2D eigenvalue weighted by Crippen LogP contribution is -2.05. The third kappa shape index (κ3) is 12.8. The summed E-state index contributed by atoms with van der Waals surface area (Å²) in [5, 5.41) is 14.0. The molecule has 0 spiro atoms. The molecule has 12 heteroatoms. The first-order valence-corrected chi connectivity index (χ1v) is 48.2. The van der Waals surface area contributed by atoms with E-state index in [1.807, 2.05) is 71.2 Å². The molecule has 0 bridgehead atoms. The summed E-state index contributed by atoms with van der Waals surface area (Å²) in [5.41, 5.74) is 29.0. The molecule has 8 heterocycles. The molecule has 0 fully saturated rings. The van der Waals surface area contributed by atoms with Gasteiger partial charge in [0.1, 0.15) is 0 Å². The van der Waals surface area contributed by atoms with Gasteiger partial charge in [-0.2, -0.15) is 0 Å². The van der Waals surface area contributed by atoms with Crippen LogP contribution in [0, 0.1) is 0 Å². The second kappa shape index (κ2) is 31.9. The van der Waals surface area contributed by atoms with E-state index in [-0.39, 0.29) is 0 Å². The number of rotatable bonds is 15. The van der Waals surface area contributed by atoms with Gasteiger partial charge in [-0.25, -0.2) is 29.9 Å². The fraction of sp³-hybridized carbons (Fsp3) is 0. The lowest BCUT2D eigenvalue weighted by molar-refractivity contribution is 1.06. The molecule has 0 unspecified atom stereocenters. The fourth-order valence-corrected chi connectivity index (χ4v) is 23.8. The summed E-state index contributed by atoms with van der Waals surface area (Å²) < 4.78 is 14.6. The quantitative estimate of drug-likeness (QED) is 0.101. The zero-order valence-electron chi connectivity index (χ0n) is 74.2. The summed E-state index contributed by atoms with van der Waals surface area (Å²) >= 11 is 3.66. The Kier molecular flexibility index (Phi) is 18.2. The predicted molar refractivity (Wildman–Crippen MR) is 576 cm³/mol. The molecule has 138 heavy (non-hydrogen) atoms. The Hall–Kier alpha value is -17.9. The van der Waals surface area contributed by atoms with Gasteiger partial charge in [-0.15, -0.1) is 22.7 Å². The Morgan fingerprint density at radius 1 is 0.152 bits per heavy atom. The molecule has 0 aliphatic carbocycles. The second-order valence-corrected chi connectivity index (χ2v) is 37.6. The lowest BCUT2D eigenvalue weighted by Gasteiger charge is -2.20. The number of hydrogen-bond acceptors (Lipinski definition) is 8. The summed E-state index contributed by atoms with van der Waals surface area (Å²) in [5.74, 6) is 3.49. The Morgan fingerprint density at radius 2 is 0.478 bits per heavy atom. The van der Waals surface area contributed by atoms with Crippen molar-refractivity contribution in [3.8, 4) is 147 Å². The first-order chi connectivity index (χ1) is 68.4. The zero-order valence-corrected chi connectivity index (χ0v) is 75.8. The fourth-order valence-electron chi connectivity index (χ4n) is 21.4. The minimum absolute atomic E-state index is 0.560. The van der Waals surface area contributed by atoms with Crippen molar-refractivity contribution in [3.63, 3.8) is 0 Å². The van der Waals surface area contributed by atoms with E-state index in [9.17, 15) is 0 Å². The first kappa shape index (κ1) is 78.7. The van der Waals surface area contributed by atoms with Gasteiger partial charge in [0.05, 0.1) is 55.4 Å². The molecule has 0 N–H and O–H groups in total. The third-order valence-electron chi connectivity index (χ3n) is 27.7. The van der Waals surface area contributed by atoms with Gasteiger partial charge in [0, 0.05) is 139 Å². The van der Waals surface area contributed by atoms with Crippen molar-refractivity contribution in [2.75, 3.05) is 0 Å². The molecular weight excluding hydrogens is 1720 g/mol. The number of fused-ring (bicyclic) bond motifs is 18. The van der Waals surface area contributed by atoms with E-state index in [0.717, 1.165) is 188 Å². The average Bonchev–Trinajstić information content (AvgIpc) is 1.56. The van der Waals surface area contributed by atoms with Crippen LogP contribution in [0.2, 0.25) is 0 Å². The molecule has 0 amide bonds. The number of aromatic nitrogens is 10. The molecule has 0 saturated heterocycles. The van der Waals surface area contributed by atoms with Gasteiger partial charge in [-0.1, -0.05) is 334 Å². The smallest absolute Gasteiger partial charge is 0.166 e. The Bertz CT molecular complexity index is 9690. The van der Waals surface area contributed by atoms with Gasteiger partial charge in [0.2, 0.25) is 0 Å². The molecule has 8 aromatic heterocycles. The van der Waals surface area contributed by atoms with Crippen molar-refractivity contribution in [3.05, 3.63) is 461 Å². The highest BCUT2D eigenvalue weighted by Crippen LogP contribution is 2.52. The second-order valence-electron chi connectivity index (χ2n) is 35.5. The van der Waals surface area contributed by atoms with Crippen molar-refractivity contribution in [1.82, 2.24) is 48.2 Å². The van der Waals surface area contributed by atoms with Gasteiger partial charge in [-0.05, 0) is 172 Å². The maximum atomic E-state index is 5.67. The molecule has 0 aliphatic heterocycles. The first-order valence-electron chi connectivity index (χ1n) is 46.6. The molecular formula is C126H76N10S2. The van der Waals surface area contributed by atoms with Crippen molar-refractivity contribution >= 4 is 150 Å². The van der Waals surface area contributed by atoms with Crippen LogP contribution in [0.1, 0.15) is 0 Å². The maximum Gasteiger partial charge on any atom is 0.166 e. The number of nitrogens with zero attached hydrogens (tertiary/aromatic N) is 10. The highest BCUT2D eigenvalue weighted by atomic mass is 32.1. The summed E-state index contributed by atoms with van der Waals surface area (Å²) in [6, 6.07) is 167. The molecule has 20 aromatic carbocycles. The monoisotopic (exact) mass is 1790 g/mol. The minimum Gasteiger partial charge on any atom is -0.309 e. The third-order valence-corrected chi connectivity index (χ3v) is 30.1. The van der Waals surface area contributed by atoms with Crippen LogP contribution in [0.3, 0.4) is 0 Å².